The lowest BCUT2D eigenvalue weighted by Crippen LogP contribution is -2.23. The molecule has 33 heavy (non-hydrogen) atoms. The van der Waals surface area contributed by atoms with Crippen LogP contribution in [0.25, 0.3) is 38.0 Å². The van der Waals surface area contributed by atoms with Gasteiger partial charge in [0.15, 0.2) is 10.9 Å². The van der Waals surface area contributed by atoms with Crippen LogP contribution in [0.3, 0.4) is 0 Å². The number of nitrogens with zero attached hydrogens (tertiary/aromatic N) is 1. The minimum atomic E-state index is -0.679. The van der Waals surface area contributed by atoms with E-state index < -0.39 is 22.0 Å². The van der Waals surface area contributed by atoms with Gasteiger partial charge < -0.3 is 11.5 Å². The summed E-state index contributed by atoms with van der Waals surface area (Å²) in [4.78, 5) is 53.2. The summed E-state index contributed by atoms with van der Waals surface area (Å²) in [6.45, 7) is 3.71. The van der Waals surface area contributed by atoms with Crippen molar-refractivity contribution < 1.29 is 0 Å². The number of anilines is 2. The molecule has 1 aromatic heterocycles. The third-order valence-electron chi connectivity index (χ3n) is 6.09. The first-order chi connectivity index (χ1) is 15.9. The summed E-state index contributed by atoms with van der Waals surface area (Å²) in [5.41, 5.74) is 11.1. The molecule has 0 radical (unpaired) electrons. The fraction of sp³-hybridized carbons (Fsp3) is 0.0769. The van der Waals surface area contributed by atoms with Gasteiger partial charge >= 0.3 is 0 Å². The number of allylic oxidation sites excluding steroid dienone is 1. The SMILES string of the molecule is C=CCCc1cccc(-n2c(=O)c3c(N)c4c(=O)c5ccccc5c(=O)c4c(N)c3c2=O)c1. The topological polar surface area (TPSA) is 125 Å². The minimum Gasteiger partial charge on any atom is -0.397 e. The van der Waals surface area contributed by atoms with Gasteiger partial charge in [-0.3, -0.25) is 19.2 Å². The Balaban J connectivity index is 1.96. The molecular formula is C26H19N3O4. The molecule has 0 spiro atoms. The van der Waals surface area contributed by atoms with E-state index in [1.165, 1.54) is 12.1 Å². The predicted octanol–water partition coefficient (Wildman–Crippen LogP) is 2.54. The van der Waals surface area contributed by atoms with E-state index in [9.17, 15) is 19.2 Å². The van der Waals surface area contributed by atoms with Crippen molar-refractivity contribution in [2.24, 2.45) is 0 Å². The molecule has 0 amide bonds. The number of hydrogen-bond donors (Lipinski definition) is 2. The van der Waals surface area contributed by atoms with Gasteiger partial charge in [-0.05, 0) is 30.5 Å². The van der Waals surface area contributed by atoms with Crippen molar-refractivity contribution in [1.82, 2.24) is 4.57 Å². The lowest BCUT2D eigenvalue weighted by atomic mass is 9.97. The number of benzene rings is 4. The molecule has 5 aromatic rings. The molecule has 0 aliphatic rings. The van der Waals surface area contributed by atoms with Crippen molar-refractivity contribution in [3.05, 3.63) is 108 Å². The quantitative estimate of drug-likeness (QED) is 0.193. The number of nitrogens with two attached hydrogens (primary N) is 2. The fourth-order valence-electron chi connectivity index (χ4n) is 4.52. The minimum absolute atomic E-state index is 0.127. The molecule has 5 rings (SSSR count). The van der Waals surface area contributed by atoms with Gasteiger partial charge in [0.2, 0.25) is 0 Å². The van der Waals surface area contributed by atoms with Crippen molar-refractivity contribution in [3.8, 4) is 5.69 Å². The Labute approximate surface area is 186 Å². The van der Waals surface area contributed by atoms with Gasteiger partial charge in [0.1, 0.15) is 0 Å². The molecule has 0 saturated heterocycles. The van der Waals surface area contributed by atoms with E-state index in [1.54, 1.807) is 36.4 Å². The van der Waals surface area contributed by atoms with Crippen molar-refractivity contribution in [3.63, 3.8) is 0 Å². The summed E-state index contributed by atoms with van der Waals surface area (Å²) >= 11 is 0. The van der Waals surface area contributed by atoms with Crippen LogP contribution < -0.4 is 33.4 Å². The normalized spacial score (nSPS) is 11.5. The van der Waals surface area contributed by atoms with E-state index in [0.29, 0.717) is 12.1 Å². The maximum atomic E-state index is 13.4. The lowest BCUT2D eigenvalue weighted by molar-refractivity contribution is 0.963. The average Bonchev–Trinajstić information content (AvgIpc) is 3.09. The Hall–Kier alpha value is -4.52. The zero-order valence-electron chi connectivity index (χ0n) is 17.6. The Morgan fingerprint density at radius 3 is 1.82 bits per heavy atom. The van der Waals surface area contributed by atoms with Gasteiger partial charge in [-0.15, -0.1) is 6.58 Å². The zero-order valence-corrected chi connectivity index (χ0v) is 17.6. The van der Waals surface area contributed by atoms with Crippen molar-refractivity contribution in [2.75, 3.05) is 11.5 Å². The predicted molar refractivity (Wildman–Crippen MR) is 133 cm³/mol. The fourth-order valence-corrected chi connectivity index (χ4v) is 4.52. The largest absolute Gasteiger partial charge is 0.397 e. The van der Waals surface area contributed by atoms with E-state index in [4.69, 9.17) is 11.5 Å². The summed E-state index contributed by atoms with van der Waals surface area (Å²) in [5.74, 6) is 0. The maximum Gasteiger partial charge on any atom is 0.268 e. The monoisotopic (exact) mass is 437 g/mol. The van der Waals surface area contributed by atoms with Crippen molar-refractivity contribution in [1.29, 1.82) is 0 Å². The van der Waals surface area contributed by atoms with Crippen molar-refractivity contribution >= 4 is 43.7 Å². The van der Waals surface area contributed by atoms with Crippen LogP contribution in [0.2, 0.25) is 0 Å². The molecule has 0 aliphatic carbocycles. The maximum absolute atomic E-state index is 13.4. The molecule has 0 bridgehead atoms. The molecule has 4 aromatic carbocycles. The highest BCUT2D eigenvalue weighted by molar-refractivity contribution is 6.20. The Morgan fingerprint density at radius 2 is 1.30 bits per heavy atom. The Morgan fingerprint density at radius 1 is 0.758 bits per heavy atom. The second kappa shape index (κ2) is 7.27. The molecule has 0 unspecified atom stereocenters. The summed E-state index contributed by atoms with van der Waals surface area (Å²) in [5, 5.41) is -0.175. The van der Waals surface area contributed by atoms with Gasteiger partial charge in [0.05, 0.1) is 38.6 Å². The van der Waals surface area contributed by atoms with Gasteiger partial charge in [-0.25, -0.2) is 4.57 Å². The Bertz CT molecular complexity index is 1730. The molecule has 4 N–H and O–H groups in total. The molecule has 0 fully saturated rings. The lowest BCUT2D eigenvalue weighted by Gasteiger charge is -2.07. The average molecular weight is 437 g/mol. The summed E-state index contributed by atoms with van der Waals surface area (Å²) < 4.78 is 0.988. The second-order valence-corrected chi connectivity index (χ2v) is 7.97. The smallest absolute Gasteiger partial charge is 0.268 e. The highest BCUT2D eigenvalue weighted by Gasteiger charge is 2.25. The number of aromatic nitrogens is 1. The van der Waals surface area contributed by atoms with Crippen LogP contribution in [0.5, 0.6) is 0 Å². The van der Waals surface area contributed by atoms with Gasteiger partial charge in [-0.1, -0.05) is 42.5 Å². The Kier molecular flexibility index (Phi) is 4.49. The number of hydrogen-bond acceptors (Lipinski definition) is 6. The van der Waals surface area contributed by atoms with Crippen LogP contribution in [0.1, 0.15) is 12.0 Å². The first-order valence-corrected chi connectivity index (χ1v) is 10.4. The van der Waals surface area contributed by atoms with E-state index in [1.807, 2.05) is 6.07 Å². The second-order valence-electron chi connectivity index (χ2n) is 7.97. The standard InChI is InChI=1S/C26H19N3O4/c1-2-3-7-13-8-6-9-14(12-13)29-25(32)19-20(26(29)33)22(28)18-17(21(19)27)23(30)15-10-4-5-11-16(15)24(18)31/h2,4-6,8-12H,1,3,7,27-28H2. The number of aryl methyl sites for hydroxylation is 1. The van der Waals surface area contributed by atoms with Crippen LogP contribution in [-0.2, 0) is 6.42 Å². The number of nitrogen functional groups attached to an aromatic ring is 2. The van der Waals surface area contributed by atoms with Crippen LogP contribution in [-0.4, -0.2) is 4.57 Å². The van der Waals surface area contributed by atoms with Gasteiger partial charge in [-0.2, -0.15) is 0 Å². The molecule has 162 valence electrons. The molecule has 7 heteroatoms. The van der Waals surface area contributed by atoms with Gasteiger partial charge in [0, 0.05) is 10.8 Å². The number of rotatable bonds is 4. The van der Waals surface area contributed by atoms with Crippen molar-refractivity contribution in [2.45, 2.75) is 12.8 Å². The van der Waals surface area contributed by atoms with E-state index in [-0.39, 0.29) is 43.7 Å². The van der Waals surface area contributed by atoms with Crippen LogP contribution in [0.4, 0.5) is 11.4 Å². The molecule has 0 saturated carbocycles. The van der Waals surface area contributed by atoms with E-state index >= 15 is 0 Å². The highest BCUT2D eigenvalue weighted by atomic mass is 16.2. The van der Waals surface area contributed by atoms with Crippen LogP contribution in [0.15, 0.2) is 80.4 Å². The summed E-state index contributed by atoms with van der Waals surface area (Å²) in [7, 11) is 0. The molecular weight excluding hydrogens is 418 g/mol. The molecule has 0 aliphatic heterocycles. The van der Waals surface area contributed by atoms with E-state index in [2.05, 4.69) is 6.58 Å². The molecule has 1 heterocycles. The third-order valence-corrected chi connectivity index (χ3v) is 6.09. The highest BCUT2D eigenvalue weighted by Crippen LogP contribution is 2.31. The molecule has 0 atom stereocenters. The van der Waals surface area contributed by atoms with Crippen LogP contribution in [0, 0.1) is 0 Å². The zero-order chi connectivity index (χ0) is 23.4. The van der Waals surface area contributed by atoms with Crippen LogP contribution >= 0.6 is 0 Å². The molecule has 7 nitrogen and oxygen atoms in total. The van der Waals surface area contributed by atoms with E-state index in [0.717, 1.165) is 16.6 Å². The number of fused-ring (bicyclic) bond motifs is 3. The summed E-state index contributed by atoms with van der Waals surface area (Å²) in [6, 6.07) is 13.3. The third kappa shape index (κ3) is 2.75. The summed E-state index contributed by atoms with van der Waals surface area (Å²) in [6.07, 6.45) is 3.22. The van der Waals surface area contributed by atoms with Gasteiger partial charge in [0.25, 0.3) is 11.1 Å². The first kappa shape index (κ1) is 20.4. The first-order valence-electron chi connectivity index (χ1n) is 10.4.